The predicted octanol–water partition coefficient (Wildman–Crippen LogP) is 2.16. The Bertz CT molecular complexity index is 1010. The molecule has 9 nitrogen and oxygen atoms in total. The number of carbonyl (C=O) groups is 2. The fraction of sp³-hybridized carbons (Fsp3) is 0.350. The number of nitrogens with zero attached hydrogens (tertiary/aromatic N) is 5. The number of rotatable bonds is 5. The molecule has 3 heterocycles. The molecule has 0 unspecified atom stereocenters. The van der Waals surface area contributed by atoms with Crippen LogP contribution in [0.3, 0.4) is 0 Å². The molecule has 1 aliphatic rings. The van der Waals surface area contributed by atoms with Crippen LogP contribution in [0, 0.1) is 5.92 Å². The molecule has 0 aliphatic carbocycles. The average molecular weight is 394 g/mol. The van der Waals surface area contributed by atoms with Gasteiger partial charge in [-0.3, -0.25) is 4.79 Å². The Labute approximate surface area is 167 Å². The SMILES string of the molecule is CCOC(=O)c1ccc(NC(=O)C2CCN(c3ccc4nncn4n3)CC2)cc1. The number of aromatic nitrogens is 4. The average Bonchev–Trinajstić information content (AvgIpc) is 3.22. The number of esters is 1. The Morgan fingerprint density at radius 3 is 2.62 bits per heavy atom. The summed E-state index contributed by atoms with van der Waals surface area (Å²) in [6.45, 7) is 3.60. The highest BCUT2D eigenvalue weighted by atomic mass is 16.5. The molecule has 0 spiro atoms. The van der Waals surface area contributed by atoms with Crippen molar-refractivity contribution in [2.75, 3.05) is 29.9 Å². The van der Waals surface area contributed by atoms with E-state index >= 15 is 0 Å². The Morgan fingerprint density at radius 1 is 1.14 bits per heavy atom. The first-order chi connectivity index (χ1) is 14.1. The van der Waals surface area contributed by atoms with Gasteiger partial charge in [0.15, 0.2) is 5.65 Å². The summed E-state index contributed by atoms with van der Waals surface area (Å²) in [6.07, 6.45) is 3.07. The maximum absolute atomic E-state index is 12.6. The molecule has 1 N–H and O–H groups in total. The van der Waals surface area contributed by atoms with Crippen molar-refractivity contribution in [3.8, 4) is 0 Å². The van der Waals surface area contributed by atoms with Gasteiger partial charge in [-0.05, 0) is 56.2 Å². The largest absolute Gasteiger partial charge is 0.462 e. The summed E-state index contributed by atoms with van der Waals surface area (Å²) in [5, 5.41) is 15.2. The second-order valence-corrected chi connectivity index (χ2v) is 6.87. The molecule has 4 rings (SSSR count). The van der Waals surface area contributed by atoms with Crippen molar-refractivity contribution in [2.24, 2.45) is 5.92 Å². The van der Waals surface area contributed by atoms with Crippen LogP contribution in [0.25, 0.3) is 5.65 Å². The van der Waals surface area contributed by atoms with Gasteiger partial charge in [0.05, 0.1) is 12.2 Å². The van der Waals surface area contributed by atoms with Crippen LogP contribution in [0.5, 0.6) is 0 Å². The van der Waals surface area contributed by atoms with Gasteiger partial charge in [-0.15, -0.1) is 15.3 Å². The molecular weight excluding hydrogens is 372 g/mol. The molecule has 3 aromatic rings. The molecule has 2 aromatic heterocycles. The maximum atomic E-state index is 12.6. The first-order valence-electron chi connectivity index (χ1n) is 9.64. The zero-order valence-electron chi connectivity index (χ0n) is 16.1. The molecule has 0 radical (unpaired) electrons. The third-order valence-electron chi connectivity index (χ3n) is 5.00. The van der Waals surface area contributed by atoms with Crippen molar-refractivity contribution in [1.29, 1.82) is 0 Å². The quantitative estimate of drug-likeness (QED) is 0.662. The van der Waals surface area contributed by atoms with E-state index in [-0.39, 0.29) is 17.8 Å². The minimum absolute atomic E-state index is 0.00393. The summed E-state index contributed by atoms with van der Waals surface area (Å²) < 4.78 is 6.61. The Hall–Kier alpha value is -3.49. The molecule has 150 valence electrons. The lowest BCUT2D eigenvalue weighted by atomic mass is 9.95. The Morgan fingerprint density at radius 2 is 1.90 bits per heavy atom. The van der Waals surface area contributed by atoms with Crippen molar-refractivity contribution < 1.29 is 14.3 Å². The minimum Gasteiger partial charge on any atom is -0.462 e. The zero-order chi connectivity index (χ0) is 20.2. The van der Waals surface area contributed by atoms with Crippen molar-refractivity contribution in [2.45, 2.75) is 19.8 Å². The second kappa shape index (κ2) is 8.26. The van der Waals surface area contributed by atoms with E-state index in [2.05, 4.69) is 25.5 Å². The highest BCUT2D eigenvalue weighted by Gasteiger charge is 2.26. The van der Waals surface area contributed by atoms with Gasteiger partial charge < -0.3 is 15.0 Å². The predicted molar refractivity (Wildman–Crippen MR) is 107 cm³/mol. The Kier molecular flexibility index (Phi) is 5.37. The van der Waals surface area contributed by atoms with Crippen molar-refractivity contribution in [3.05, 3.63) is 48.3 Å². The van der Waals surface area contributed by atoms with Crippen molar-refractivity contribution in [1.82, 2.24) is 19.8 Å². The lowest BCUT2D eigenvalue weighted by Crippen LogP contribution is -2.38. The molecule has 1 aliphatic heterocycles. The molecular formula is C20H22N6O3. The van der Waals surface area contributed by atoms with Crippen LogP contribution in [0.1, 0.15) is 30.1 Å². The summed E-state index contributed by atoms with van der Waals surface area (Å²) in [6, 6.07) is 10.6. The number of fused-ring (bicyclic) bond motifs is 1. The number of nitrogens with one attached hydrogen (secondary N) is 1. The molecule has 0 bridgehead atoms. The summed E-state index contributed by atoms with van der Waals surface area (Å²) in [4.78, 5) is 26.5. The smallest absolute Gasteiger partial charge is 0.338 e. The second-order valence-electron chi connectivity index (χ2n) is 6.87. The standard InChI is InChI=1S/C20H22N6O3/c1-2-29-20(28)15-3-5-16(6-4-15)22-19(27)14-9-11-25(12-10-14)18-8-7-17-23-21-13-26(17)24-18/h3-8,13-14H,2,9-12H2,1H3,(H,22,27). The first kappa shape index (κ1) is 18.9. The number of anilines is 2. The van der Waals surface area contributed by atoms with Crippen LogP contribution in [-0.4, -0.2) is 51.4 Å². The number of piperidine rings is 1. The fourth-order valence-corrected chi connectivity index (χ4v) is 3.41. The molecule has 1 saturated heterocycles. The van der Waals surface area contributed by atoms with Crippen LogP contribution in [0.4, 0.5) is 11.5 Å². The maximum Gasteiger partial charge on any atom is 0.338 e. The van der Waals surface area contributed by atoms with Crippen LogP contribution in [0.15, 0.2) is 42.7 Å². The monoisotopic (exact) mass is 394 g/mol. The number of carbonyl (C=O) groups excluding carboxylic acids is 2. The van der Waals surface area contributed by atoms with E-state index in [0.717, 1.165) is 31.7 Å². The number of amides is 1. The lowest BCUT2D eigenvalue weighted by molar-refractivity contribution is -0.120. The number of benzene rings is 1. The summed E-state index contributed by atoms with van der Waals surface area (Å²) in [7, 11) is 0. The van der Waals surface area contributed by atoms with E-state index in [1.165, 1.54) is 0 Å². The molecule has 29 heavy (non-hydrogen) atoms. The highest BCUT2D eigenvalue weighted by Crippen LogP contribution is 2.23. The summed E-state index contributed by atoms with van der Waals surface area (Å²) in [5.41, 5.74) is 1.85. The van der Waals surface area contributed by atoms with E-state index in [1.54, 1.807) is 42.0 Å². The van der Waals surface area contributed by atoms with Crippen molar-refractivity contribution >= 4 is 29.0 Å². The van der Waals surface area contributed by atoms with Gasteiger partial charge in [-0.2, -0.15) is 4.52 Å². The van der Waals surface area contributed by atoms with Crippen molar-refractivity contribution in [3.63, 3.8) is 0 Å². The van der Waals surface area contributed by atoms with Crippen LogP contribution in [-0.2, 0) is 9.53 Å². The van der Waals surface area contributed by atoms with Gasteiger partial charge in [0.25, 0.3) is 0 Å². The molecule has 1 aromatic carbocycles. The Balaban J connectivity index is 1.32. The first-order valence-corrected chi connectivity index (χ1v) is 9.64. The van der Waals surface area contributed by atoms with E-state index in [0.29, 0.717) is 23.5 Å². The molecule has 1 amide bonds. The van der Waals surface area contributed by atoms with Gasteiger partial charge in [-0.1, -0.05) is 0 Å². The number of hydrogen-bond acceptors (Lipinski definition) is 7. The summed E-state index contributed by atoms with van der Waals surface area (Å²) >= 11 is 0. The number of ether oxygens (including phenoxy) is 1. The summed E-state index contributed by atoms with van der Waals surface area (Å²) in [5.74, 6) is 0.423. The van der Waals surface area contributed by atoms with Gasteiger partial charge in [0.2, 0.25) is 5.91 Å². The molecule has 9 heteroatoms. The zero-order valence-corrected chi connectivity index (χ0v) is 16.1. The van der Waals surface area contributed by atoms with Gasteiger partial charge in [0, 0.05) is 24.7 Å². The van der Waals surface area contributed by atoms with E-state index in [4.69, 9.17) is 4.74 Å². The van der Waals surface area contributed by atoms with Gasteiger partial charge >= 0.3 is 5.97 Å². The normalized spacial score (nSPS) is 14.7. The van der Waals surface area contributed by atoms with Crippen LogP contribution < -0.4 is 10.2 Å². The van der Waals surface area contributed by atoms with Gasteiger partial charge in [-0.25, -0.2) is 4.79 Å². The van der Waals surface area contributed by atoms with E-state index < -0.39 is 0 Å². The molecule has 1 fully saturated rings. The lowest BCUT2D eigenvalue weighted by Gasteiger charge is -2.32. The topological polar surface area (TPSA) is 102 Å². The minimum atomic E-state index is -0.365. The molecule has 0 saturated carbocycles. The third kappa shape index (κ3) is 4.18. The van der Waals surface area contributed by atoms with E-state index in [9.17, 15) is 9.59 Å². The third-order valence-corrected chi connectivity index (χ3v) is 5.00. The highest BCUT2D eigenvalue weighted by molar-refractivity contribution is 5.94. The van der Waals surface area contributed by atoms with Gasteiger partial charge in [0.1, 0.15) is 12.1 Å². The number of hydrogen-bond donors (Lipinski definition) is 1. The molecule has 0 atom stereocenters. The fourth-order valence-electron chi connectivity index (χ4n) is 3.41. The van der Waals surface area contributed by atoms with E-state index in [1.807, 2.05) is 12.1 Å². The van der Waals surface area contributed by atoms with Crippen LogP contribution >= 0.6 is 0 Å². The van der Waals surface area contributed by atoms with Crippen LogP contribution in [0.2, 0.25) is 0 Å².